The van der Waals surface area contributed by atoms with Crippen molar-refractivity contribution in [2.24, 2.45) is 0 Å². The number of carbonyl (C=O) groups excluding carboxylic acids is 1. The van der Waals surface area contributed by atoms with E-state index in [1.54, 1.807) is 0 Å². The van der Waals surface area contributed by atoms with E-state index >= 15 is 0 Å². The molecule has 4 nitrogen and oxygen atoms in total. The summed E-state index contributed by atoms with van der Waals surface area (Å²) < 4.78 is 6.23. The minimum absolute atomic E-state index is 0.0515. The van der Waals surface area contributed by atoms with E-state index < -0.39 is 0 Å². The number of likely N-dealkylation sites (tertiary alicyclic amines) is 1. The van der Waals surface area contributed by atoms with Gasteiger partial charge < -0.3 is 15.0 Å². The Balaban J connectivity index is 1.91. The van der Waals surface area contributed by atoms with Gasteiger partial charge in [-0.05, 0) is 40.9 Å². The summed E-state index contributed by atoms with van der Waals surface area (Å²) in [7, 11) is 0. The third kappa shape index (κ3) is 1.99. The second kappa shape index (κ2) is 4.95. The summed E-state index contributed by atoms with van der Waals surface area (Å²) >= 11 is 3.61. The van der Waals surface area contributed by atoms with E-state index in [9.17, 15) is 4.79 Å². The van der Waals surface area contributed by atoms with Gasteiger partial charge in [0.15, 0.2) is 0 Å². The Bertz CT molecular complexity index is 549. The van der Waals surface area contributed by atoms with Crippen LogP contribution in [0.1, 0.15) is 25.8 Å². The Kier molecular flexibility index (Phi) is 3.40. The maximum absolute atomic E-state index is 12.0. The van der Waals surface area contributed by atoms with Crippen molar-refractivity contribution in [2.75, 3.05) is 25.0 Å². The summed E-state index contributed by atoms with van der Waals surface area (Å²) in [6.45, 7) is 5.95. The predicted molar refractivity (Wildman–Crippen MR) is 82.1 cm³/mol. The molecule has 0 aliphatic carbocycles. The van der Waals surface area contributed by atoms with E-state index in [0.29, 0.717) is 19.2 Å². The van der Waals surface area contributed by atoms with Gasteiger partial charge in [0.05, 0.1) is 12.3 Å². The lowest BCUT2D eigenvalue weighted by molar-refractivity contribution is 0.0820. The molecule has 108 valence electrons. The molecule has 5 heteroatoms. The molecule has 0 radical (unpaired) electrons. The van der Waals surface area contributed by atoms with Gasteiger partial charge in [-0.3, -0.25) is 0 Å². The molecule has 0 saturated carbocycles. The van der Waals surface area contributed by atoms with Crippen LogP contribution >= 0.6 is 15.9 Å². The summed E-state index contributed by atoms with van der Waals surface area (Å²) in [6, 6.07) is 6.64. The molecule has 1 fully saturated rings. The molecule has 2 heterocycles. The molecule has 0 bridgehead atoms. The van der Waals surface area contributed by atoms with Crippen LogP contribution in [0.4, 0.5) is 10.5 Å². The van der Waals surface area contributed by atoms with Crippen molar-refractivity contribution in [1.29, 1.82) is 0 Å². The molecule has 1 N–H and O–H groups in total. The lowest BCUT2D eigenvalue weighted by Crippen LogP contribution is -2.54. The minimum Gasteiger partial charge on any atom is -0.450 e. The predicted octanol–water partition coefficient (Wildman–Crippen LogP) is 3.36. The molecule has 3 rings (SSSR count). The first-order valence-electron chi connectivity index (χ1n) is 7.03. The van der Waals surface area contributed by atoms with Gasteiger partial charge in [-0.15, -0.1) is 0 Å². The van der Waals surface area contributed by atoms with Crippen molar-refractivity contribution in [3.8, 4) is 0 Å². The second-order valence-corrected chi connectivity index (χ2v) is 6.54. The van der Waals surface area contributed by atoms with E-state index in [2.05, 4.69) is 46.4 Å². The van der Waals surface area contributed by atoms with Crippen LogP contribution in [0.3, 0.4) is 0 Å². The standard InChI is InChI=1S/C15H19BrN2O2/c1-3-20-14(19)18-8-7-12-15(2,9-18)10-5-4-6-11(16)13(10)17-12/h4-6,12,17H,3,7-9H2,1-2H3/t12?,15-/m0/s1. The van der Waals surface area contributed by atoms with Crippen LogP contribution in [0.5, 0.6) is 0 Å². The molecular formula is C15H19BrN2O2. The summed E-state index contributed by atoms with van der Waals surface area (Å²) in [5.74, 6) is 0. The first-order valence-corrected chi connectivity index (χ1v) is 7.83. The van der Waals surface area contributed by atoms with Crippen LogP contribution in [0.15, 0.2) is 22.7 Å². The normalized spacial score (nSPS) is 27.6. The summed E-state index contributed by atoms with van der Waals surface area (Å²) in [5, 5.41) is 3.61. The Hall–Kier alpha value is -1.23. The molecule has 1 aromatic carbocycles. The number of benzene rings is 1. The van der Waals surface area contributed by atoms with E-state index in [1.807, 2.05) is 11.8 Å². The molecular weight excluding hydrogens is 320 g/mol. The molecule has 2 atom stereocenters. The van der Waals surface area contributed by atoms with Crippen molar-refractivity contribution in [1.82, 2.24) is 4.90 Å². The molecule has 1 aromatic rings. The highest BCUT2D eigenvalue weighted by Crippen LogP contribution is 2.47. The maximum Gasteiger partial charge on any atom is 0.409 e. The van der Waals surface area contributed by atoms with Crippen LogP contribution < -0.4 is 5.32 Å². The van der Waals surface area contributed by atoms with Crippen molar-refractivity contribution < 1.29 is 9.53 Å². The minimum atomic E-state index is -0.198. The molecule has 20 heavy (non-hydrogen) atoms. The average Bonchev–Trinajstić information content (AvgIpc) is 2.73. The smallest absolute Gasteiger partial charge is 0.409 e. The highest BCUT2D eigenvalue weighted by atomic mass is 79.9. The van der Waals surface area contributed by atoms with Crippen molar-refractivity contribution >= 4 is 27.7 Å². The molecule has 2 aliphatic heterocycles. The highest BCUT2D eigenvalue weighted by molar-refractivity contribution is 9.10. The quantitative estimate of drug-likeness (QED) is 0.853. The average molecular weight is 339 g/mol. The van der Waals surface area contributed by atoms with E-state index in [0.717, 1.165) is 17.4 Å². The Morgan fingerprint density at radius 1 is 1.60 bits per heavy atom. The van der Waals surface area contributed by atoms with Gasteiger partial charge in [0.25, 0.3) is 0 Å². The number of rotatable bonds is 1. The largest absolute Gasteiger partial charge is 0.450 e. The fourth-order valence-corrected chi connectivity index (χ4v) is 3.87. The van der Waals surface area contributed by atoms with Crippen molar-refractivity contribution in [3.05, 3.63) is 28.2 Å². The summed E-state index contributed by atoms with van der Waals surface area (Å²) in [6.07, 6.45) is 0.742. The zero-order valence-corrected chi connectivity index (χ0v) is 13.4. The Labute approximate surface area is 127 Å². The third-order valence-electron chi connectivity index (χ3n) is 4.45. The van der Waals surface area contributed by atoms with Gasteiger partial charge in [0, 0.05) is 29.0 Å². The first kappa shape index (κ1) is 13.7. The number of carbonyl (C=O) groups is 1. The zero-order valence-electron chi connectivity index (χ0n) is 11.8. The van der Waals surface area contributed by atoms with Gasteiger partial charge in [0.1, 0.15) is 0 Å². The van der Waals surface area contributed by atoms with Crippen LogP contribution in [-0.2, 0) is 10.2 Å². The van der Waals surface area contributed by atoms with Gasteiger partial charge >= 0.3 is 6.09 Å². The van der Waals surface area contributed by atoms with Gasteiger partial charge in [-0.25, -0.2) is 4.79 Å². The van der Waals surface area contributed by atoms with Gasteiger partial charge in [-0.1, -0.05) is 19.1 Å². The van der Waals surface area contributed by atoms with Crippen molar-refractivity contribution in [2.45, 2.75) is 31.7 Å². The number of halogens is 1. The topological polar surface area (TPSA) is 41.6 Å². The molecule has 0 spiro atoms. The van der Waals surface area contributed by atoms with Crippen molar-refractivity contribution in [3.63, 3.8) is 0 Å². The fourth-order valence-electron chi connectivity index (χ4n) is 3.39. The third-order valence-corrected chi connectivity index (χ3v) is 5.11. The first-order chi connectivity index (χ1) is 9.56. The lowest BCUT2D eigenvalue weighted by atomic mass is 9.75. The fraction of sp³-hybridized carbons (Fsp3) is 0.533. The second-order valence-electron chi connectivity index (χ2n) is 5.69. The Morgan fingerprint density at radius 3 is 3.15 bits per heavy atom. The van der Waals surface area contributed by atoms with Gasteiger partial charge in [-0.2, -0.15) is 0 Å². The molecule has 0 aromatic heterocycles. The number of para-hydroxylation sites is 1. The van der Waals surface area contributed by atoms with Crippen LogP contribution in [-0.4, -0.2) is 36.7 Å². The Morgan fingerprint density at radius 2 is 2.40 bits per heavy atom. The zero-order chi connectivity index (χ0) is 14.3. The van der Waals surface area contributed by atoms with E-state index in [1.165, 1.54) is 11.3 Å². The number of nitrogens with one attached hydrogen (secondary N) is 1. The lowest BCUT2D eigenvalue weighted by Gasteiger charge is -2.42. The molecule has 1 amide bonds. The number of hydrogen-bond acceptors (Lipinski definition) is 3. The van der Waals surface area contributed by atoms with Gasteiger partial charge in [0.2, 0.25) is 0 Å². The van der Waals surface area contributed by atoms with Crippen LogP contribution in [0.2, 0.25) is 0 Å². The van der Waals surface area contributed by atoms with E-state index in [4.69, 9.17) is 4.74 Å². The number of hydrogen-bond donors (Lipinski definition) is 1. The number of nitrogens with zero attached hydrogens (tertiary/aromatic N) is 1. The number of piperidine rings is 1. The summed E-state index contributed by atoms with van der Waals surface area (Å²) in [5.41, 5.74) is 2.40. The molecule has 1 unspecified atom stereocenters. The summed E-state index contributed by atoms with van der Waals surface area (Å²) in [4.78, 5) is 13.8. The van der Waals surface area contributed by atoms with Crippen LogP contribution in [0, 0.1) is 0 Å². The van der Waals surface area contributed by atoms with Crippen LogP contribution in [0.25, 0.3) is 0 Å². The monoisotopic (exact) mass is 338 g/mol. The number of amides is 1. The molecule has 2 aliphatic rings. The SMILES string of the molecule is CCOC(=O)N1CCC2Nc3c(Br)cccc3[C@]2(C)C1. The highest BCUT2D eigenvalue weighted by Gasteiger charge is 2.48. The number of fused-ring (bicyclic) bond motifs is 3. The maximum atomic E-state index is 12.0. The number of ether oxygens (including phenoxy) is 1. The number of anilines is 1. The van der Waals surface area contributed by atoms with E-state index in [-0.39, 0.29) is 11.5 Å². The molecule has 1 saturated heterocycles.